The Morgan fingerprint density at radius 2 is 1.70 bits per heavy atom. The standard InChI is InChI=1S/C23H28FN3O5S/c1-3-26(23(29)17(2)33(30,31)21-10-4-18(24)5-11-21)16-22(28)25-19-6-8-20(9-7-19)27-12-14-32-15-13-27/h4-11,17H,3,12-16H2,1-2H3,(H,25,28). The highest BCUT2D eigenvalue weighted by Gasteiger charge is 2.33. The highest BCUT2D eigenvalue weighted by atomic mass is 32.2. The maximum atomic E-state index is 13.1. The van der Waals surface area contributed by atoms with Gasteiger partial charge in [-0.15, -0.1) is 0 Å². The molecule has 0 spiro atoms. The lowest BCUT2D eigenvalue weighted by molar-refractivity contribution is -0.133. The average molecular weight is 478 g/mol. The van der Waals surface area contributed by atoms with Gasteiger partial charge in [0.15, 0.2) is 9.84 Å². The van der Waals surface area contributed by atoms with E-state index in [-0.39, 0.29) is 18.0 Å². The largest absolute Gasteiger partial charge is 0.378 e. The number of halogens is 1. The van der Waals surface area contributed by atoms with Crippen molar-refractivity contribution in [3.63, 3.8) is 0 Å². The highest BCUT2D eigenvalue weighted by molar-refractivity contribution is 7.92. The zero-order chi connectivity index (χ0) is 24.0. The summed E-state index contributed by atoms with van der Waals surface area (Å²) in [7, 11) is -4.02. The number of nitrogens with zero attached hydrogens (tertiary/aromatic N) is 2. The quantitative estimate of drug-likeness (QED) is 0.587. The number of benzene rings is 2. The predicted molar refractivity (Wildman–Crippen MR) is 123 cm³/mol. The Morgan fingerprint density at radius 3 is 2.27 bits per heavy atom. The molecule has 1 fully saturated rings. The van der Waals surface area contributed by atoms with E-state index >= 15 is 0 Å². The molecule has 2 amide bonds. The number of ether oxygens (including phenoxy) is 1. The van der Waals surface area contributed by atoms with Crippen molar-refractivity contribution in [1.29, 1.82) is 0 Å². The van der Waals surface area contributed by atoms with E-state index in [4.69, 9.17) is 4.74 Å². The van der Waals surface area contributed by atoms with Crippen molar-refractivity contribution in [2.75, 3.05) is 49.6 Å². The van der Waals surface area contributed by atoms with Crippen LogP contribution >= 0.6 is 0 Å². The molecule has 33 heavy (non-hydrogen) atoms. The van der Waals surface area contributed by atoms with E-state index in [0.717, 1.165) is 43.0 Å². The van der Waals surface area contributed by atoms with Crippen molar-refractivity contribution in [3.05, 3.63) is 54.3 Å². The first kappa shape index (κ1) is 24.7. The molecule has 1 aliphatic rings. The van der Waals surface area contributed by atoms with E-state index in [1.165, 1.54) is 11.8 Å². The third-order valence-electron chi connectivity index (χ3n) is 5.51. The third kappa shape index (κ3) is 6.08. The van der Waals surface area contributed by atoms with Crippen LogP contribution in [-0.2, 0) is 24.2 Å². The van der Waals surface area contributed by atoms with E-state index in [0.29, 0.717) is 18.9 Å². The van der Waals surface area contributed by atoms with Gasteiger partial charge in [-0.05, 0) is 62.4 Å². The molecule has 178 valence electrons. The molecule has 0 aromatic heterocycles. The Kier molecular flexibility index (Phi) is 8.04. The Labute approximate surface area is 193 Å². The maximum absolute atomic E-state index is 13.1. The van der Waals surface area contributed by atoms with Crippen LogP contribution in [-0.4, -0.2) is 69.8 Å². The molecule has 0 aliphatic carbocycles. The first-order valence-corrected chi connectivity index (χ1v) is 12.3. The minimum absolute atomic E-state index is 0.148. The summed E-state index contributed by atoms with van der Waals surface area (Å²) in [5, 5.41) is 1.33. The Balaban J connectivity index is 1.61. The van der Waals surface area contributed by atoms with Crippen LogP contribution in [0.15, 0.2) is 53.4 Å². The Morgan fingerprint density at radius 1 is 1.09 bits per heavy atom. The number of sulfone groups is 1. The van der Waals surface area contributed by atoms with E-state index in [2.05, 4.69) is 10.2 Å². The van der Waals surface area contributed by atoms with Crippen LogP contribution in [0.2, 0.25) is 0 Å². The summed E-state index contributed by atoms with van der Waals surface area (Å²) in [5.41, 5.74) is 1.61. The van der Waals surface area contributed by atoms with Crippen molar-refractivity contribution >= 4 is 33.0 Å². The number of carbonyl (C=O) groups is 2. The van der Waals surface area contributed by atoms with Crippen LogP contribution in [0.3, 0.4) is 0 Å². The molecule has 1 unspecified atom stereocenters. The number of hydrogen-bond donors (Lipinski definition) is 1. The molecule has 2 aromatic rings. The molecular formula is C23H28FN3O5S. The number of likely N-dealkylation sites (N-methyl/N-ethyl adjacent to an activating group) is 1. The number of morpholine rings is 1. The molecule has 1 heterocycles. The summed E-state index contributed by atoms with van der Waals surface area (Å²) >= 11 is 0. The second-order valence-electron chi connectivity index (χ2n) is 7.69. The van der Waals surface area contributed by atoms with Gasteiger partial charge in [-0.2, -0.15) is 0 Å². The molecular weight excluding hydrogens is 449 g/mol. The summed E-state index contributed by atoms with van der Waals surface area (Å²) in [4.78, 5) is 28.6. The van der Waals surface area contributed by atoms with Gasteiger partial charge in [0.25, 0.3) is 0 Å². The third-order valence-corrected chi connectivity index (χ3v) is 7.57. The zero-order valence-electron chi connectivity index (χ0n) is 18.7. The molecule has 1 N–H and O–H groups in total. The Hall–Kier alpha value is -2.98. The monoisotopic (exact) mass is 477 g/mol. The van der Waals surface area contributed by atoms with Gasteiger partial charge in [-0.25, -0.2) is 12.8 Å². The summed E-state index contributed by atoms with van der Waals surface area (Å²) < 4.78 is 44.0. The number of hydrogen-bond acceptors (Lipinski definition) is 6. The summed E-state index contributed by atoms with van der Waals surface area (Å²) in [6, 6.07) is 11.7. The van der Waals surface area contributed by atoms with Gasteiger partial charge in [0, 0.05) is 31.0 Å². The molecule has 1 aliphatic heterocycles. The molecule has 10 heteroatoms. The topological polar surface area (TPSA) is 96.0 Å². The number of rotatable bonds is 8. The minimum atomic E-state index is -4.02. The first-order valence-electron chi connectivity index (χ1n) is 10.7. The van der Waals surface area contributed by atoms with Crippen molar-refractivity contribution in [1.82, 2.24) is 4.90 Å². The summed E-state index contributed by atoms with van der Waals surface area (Å²) in [6.07, 6.45) is 0. The Bertz CT molecular complexity index is 1070. The van der Waals surface area contributed by atoms with Crippen LogP contribution in [0, 0.1) is 5.82 Å². The molecule has 3 rings (SSSR count). The van der Waals surface area contributed by atoms with Crippen molar-refractivity contribution in [3.8, 4) is 0 Å². The molecule has 0 bridgehead atoms. The second-order valence-corrected chi connectivity index (χ2v) is 9.96. The van der Waals surface area contributed by atoms with Gasteiger partial charge < -0.3 is 19.9 Å². The minimum Gasteiger partial charge on any atom is -0.378 e. The normalized spacial score (nSPS) is 15.1. The molecule has 1 saturated heterocycles. The second kappa shape index (κ2) is 10.8. The van der Waals surface area contributed by atoms with Crippen molar-refractivity contribution < 1.29 is 27.1 Å². The van der Waals surface area contributed by atoms with Gasteiger partial charge in [-0.3, -0.25) is 9.59 Å². The fraction of sp³-hybridized carbons (Fsp3) is 0.391. The number of anilines is 2. The van der Waals surface area contributed by atoms with Crippen molar-refractivity contribution in [2.45, 2.75) is 24.0 Å². The smallest absolute Gasteiger partial charge is 0.243 e. The number of nitrogens with one attached hydrogen (secondary N) is 1. The molecule has 8 nitrogen and oxygen atoms in total. The maximum Gasteiger partial charge on any atom is 0.243 e. The van der Waals surface area contributed by atoms with E-state index in [1.807, 2.05) is 12.1 Å². The molecule has 0 saturated carbocycles. The molecule has 1 atom stereocenters. The van der Waals surface area contributed by atoms with Crippen LogP contribution in [0.1, 0.15) is 13.8 Å². The lowest BCUT2D eigenvalue weighted by atomic mass is 10.2. The zero-order valence-corrected chi connectivity index (χ0v) is 19.5. The van der Waals surface area contributed by atoms with Gasteiger partial charge >= 0.3 is 0 Å². The van der Waals surface area contributed by atoms with Gasteiger partial charge in [0.05, 0.1) is 24.7 Å². The van der Waals surface area contributed by atoms with Gasteiger partial charge in [0.2, 0.25) is 11.8 Å². The fourth-order valence-corrected chi connectivity index (χ4v) is 4.85. The summed E-state index contributed by atoms with van der Waals surface area (Å²) in [6.45, 7) is 5.76. The van der Waals surface area contributed by atoms with E-state index in [1.54, 1.807) is 19.1 Å². The van der Waals surface area contributed by atoms with Gasteiger partial charge in [-0.1, -0.05) is 0 Å². The predicted octanol–water partition coefficient (Wildman–Crippen LogP) is 2.31. The average Bonchev–Trinajstić information content (AvgIpc) is 2.83. The van der Waals surface area contributed by atoms with E-state index in [9.17, 15) is 22.4 Å². The first-order chi connectivity index (χ1) is 15.7. The van der Waals surface area contributed by atoms with E-state index < -0.39 is 32.7 Å². The number of carbonyl (C=O) groups excluding carboxylic acids is 2. The lowest BCUT2D eigenvalue weighted by Gasteiger charge is -2.29. The van der Waals surface area contributed by atoms with Crippen LogP contribution in [0.5, 0.6) is 0 Å². The van der Waals surface area contributed by atoms with Crippen LogP contribution in [0.25, 0.3) is 0 Å². The fourth-order valence-electron chi connectivity index (χ4n) is 3.51. The SMILES string of the molecule is CCN(CC(=O)Nc1ccc(N2CCOCC2)cc1)C(=O)C(C)S(=O)(=O)c1ccc(F)cc1. The number of amides is 2. The lowest BCUT2D eigenvalue weighted by Crippen LogP contribution is -2.45. The van der Waals surface area contributed by atoms with Crippen LogP contribution < -0.4 is 10.2 Å². The molecule has 2 aromatic carbocycles. The van der Waals surface area contributed by atoms with Crippen LogP contribution in [0.4, 0.5) is 15.8 Å². The van der Waals surface area contributed by atoms with Crippen molar-refractivity contribution in [2.24, 2.45) is 0 Å². The summed E-state index contributed by atoms with van der Waals surface area (Å²) in [5.74, 6) is -1.70. The molecule has 0 radical (unpaired) electrons. The van der Waals surface area contributed by atoms with Gasteiger partial charge in [0.1, 0.15) is 11.1 Å². The highest BCUT2D eigenvalue weighted by Crippen LogP contribution is 2.20.